The molecular weight excluding hydrogens is 265 g/mol. The summed E-state index contributed by atoms with van der Waals surface area (Å²) >= 11 is 0. The van der Waals surface area contributed by atoms with E-state index in [1.807, 2.05) is 33.2 Å². The van der Waals surface area contributed by atoms with Crippen LogP contribution >= 0.6 is 0 Å². The molecule has 1 N–H and O–H groups in total. The molecule has 1 heterocycles. The highest BCUT2D eigenvalue weighted by atomic mass is 19.1. The van der Waals surface area contributed by atoms with Crippen molar-refractivity contribution < 1.29 is 4.39 Å². The molecule has 0 amide bonds. The zero-order chi connectivity index (χ0) is 15.8. The average Bonchev–Trinajstić information content (AvgIpc) is 2.46. The lowest BCUT2D eigenvalue weighted by molar-refractivity contribution is 0.599. The van der Waals surface area contributed by atoms with Gasteiger partial charge in [0.1, 0.15) is 11.3 Å². The standard InChI is InChI=1S/C17H26FN3/c1-6-8-16(18)10-14-9-15(13(3)11-19-4)12-21(7-2)17(14)20-5/h8-9,11-12,19H,6-7,10H2,1-5H3/b13-11+,16-8+,20-17?. The van der Waals surface area contributed by atoms with E-state index < -0.39 is 0 Å². The first kappa shape index (κ1) is 17.2. The van der Waals surface area contributed by atoms with E-state index in [1.165, 1.54) is 0 Å². The molecule has 0 unspecified atom stereocenters. The first-order chi connectivity index (χ1) is 10.1. The van der Waals surface area contributed by atoms with Crippen LogP contribution in [0.5, 0.6) is 0 Å². The van der Waals surface area contributed by atoms with Gasteiger partial charge in [-0.15, -0.1) is 0 Å². The number of allylic oxidation sites excluding steroid dienone is 3. The second-order valence-electron chi connectivity index (χ2n) is 4.94. The highest BCUT2D eigenvalue weighted by molar-refractivity contribution is 5.63. The van der Waals surface area contributed by atoms with Crippen LogP contribution in [0.25, 0.3) is 5.57 Å². The fourth-order valence-corrected chi connectivity index (χ4v) is 2.34. The molecule has 0 aliphatic heterocycles. The quantitative estimate of drug-likeness (QED) is 0.855. The van der Waals surface area contributed by atoms with Crippen LogP contribution in [-0.2, 0) is 13.0 Å². The number of rotatable bonds is 6. The summed E-state index contributed by atoms with van der Waals surface area (Å²) in [6.45, 7) is 6.85. The summed E-state index contributed by atoms with van der Waals surface area (Å²) in [5.41, 5.74) is 3.96. The van der Waals surface area contributed by atoms with E-state index in [2.05, 4.69) is 28.0 Å². The molecule has 21 heavy (non-hydrogen) atoms. The first-order valence-electron chi connectivity index (χ1n) is 7.42. The molecule has 0 aliphatic rings. The van der Waals surface area contributed by atoms with Crippen molar-refractivity contribution in [1.29, 1.82) is 0 Å². The SMILES string of the molecule is CC/C=C(/F)Cc1cc(/C(C)=C/NC)cn(CC)c1=NC. The Labute approximate surface area is 126 Å². The summed E-state index contributed by atoms with van der Waals surface area (Å²) < 4.78 is 16.0. The van der Waals surface area contributed by atoms with Crippen molar-refractivity contribution in [3.63, 3.8) is 0 Å². The first-order valence-corrected chi connectivity index (χ1v) is 7.42. The Bertz CT molecular complexity index is 595. The molecule has 0 radical (unpaired) electrons. The second-order valence-corrected chi connectivity index (χ2v) is 4.94. The van der Waals surface area contributed by atoms with Crippen molar-refractivity contribution in [2.75, 3.05) is 14.1 Å². The Kier molecular flexibility index (Phi) is 6.92. The summed E-state index contributed by atoms with van der Waals surface area (Å²) in [7, 11) is 3.63. The Hall–Kier alpha value is -1.84. The van der Waals surface area contributed by atoms with Gasteiger partial charge in [0.25, 0.3) is 0 Å². The summed E-state index contributed by atoms with van der Waals surface area (Å²) in [4.78, 5) is 4.33. The number of aromatic nitrogens is 1. The molecule has 0 aromatic carbocycles. The smallest absolute Gasteiger partial charge is 0.130 e. The maximum atomic E-state index is 13.9. The molecule has 0 fully saturated rings. The highest BCUT2D eigenvalue weighted by Crippen LogP contribution is 2.15. The van der Waals surface area contributed by atoms with E-state index in [-0.39, 0.29) is 5.83 Å². The molecule has 0 aliphatic carbocycles. The van der Waals surface area contributed by atoms with E-state index in [1.54, 1.807) is 13.1 Å². The second kappa shape index (κ2) is 8.45. The summed E-state index contributed by atoms with van der Waals surface area (Å²) in [5, 5.41) is 3.03. The lowest BCUT2D eigenvalue weighted by Crippen LogP contribution is -2.25. The van der Waals surface area contributed by atoms with E-state index in [0.29, 0.717) is 12.8 Å². The lowest BCUT2D eigenvalue weighted by Gasteiger charge is -2.13. The van der Waals surface area contributed by atoms with Gasteiger partial charge in [-0.2, -0.15) is 0 Å². The molecule has 0 atom stereocenters. The fourth-order valence-electron chi connectivity index (χ4n) is 2.34. The van der Waals surface area contributed by atoms with Gasteiger partial charge >= 0.3 is 0 Å². The summed E-state index contributed by atoms with van der Waals surface area (Å²) in [6, 6.07) is 2.03. The minimum atomic E-state index is -0.0996. The van der Waals surface area contributed by atoms with Gasteiger partial charge < -0.3 is 9.88 Å². The highest BCUT2D eigenvalue weighted by Gasteiger charge is 2.08. The normalized spacial score (nSPS) is 13.7. The van der Waals surface area contributed by atoms with Crippen molar-refractivity contribution >= 4 is 5.57 Å². The lowest BCUT2D eigenvalue weighted by atomic mass is 10.1. The van der Waals surface area contributed by atoms with Crippen molar-refractivity contribution in [2.45, 2.75) is 40.2 Å². The number of nitrogens with zero attached hydrogens (tertiary/aromatic N) is 2. The third-order valence-corrected chi connectivity index (χ3v) is 3.34. The summed E-state index contributed by atoms with van der Waals surface area (Å²) in [6.07, 6.45) is 6.63. The van der Waals surface area contributed by atoms with E-state index in [9.17, 15) is 4.39 Å². The van der Waals surface area contributed by atoms with E-state index in [4.69, 9.17) is 0 Å². The number of hydrogen-bond donors (Lipinski definition) is 1. The average molecular weight is 291 g/mol. The molecule has 0 saturated heterocycles. The van der Waals surface area contributed by atoms with Crippen LogP contribution in [0.4, 0.5) is 4.39 Å². The molecule has 3 nitrogen and oxygen atoms in total. The van der Waals surface area contributed by atoms with Crippen molar-refractivity contribution in [1.82, 2.24) is 9.88 Å². The Morgan fingerprint density at radius 2 is 2.14 bits per heavy atom. The van der Waals surface area contributed by atoms with Gasteiger partial charge in [-0.25, -0.2) is 4.39 Å². The maximum absolute atomic E-state index is 13.9. The number of hydrogen-bond acceptors (Lipinski definition) is 2. The number of pyridine rings is 1. The molecule has 1 rings (SSSR count). The molecule has 4 heteroatoms. The van der Waals surface area contributed by atoms with Gasteiger partial charge in [-0.3, -0.25) is 4.99 Å². The zero-order valence-corrected chi connectivity index (χ0v) is 13.7. The van der Waals surface area contributed by atoms with Crippen LogP contribution in [-0.4, -0.2) is 18.7 Å². The van der Waals surface area contributed by atoms with Crippen LogP contribution in [0.1, 0.15) is 38.3 Å². The van der Waals surface area contributed by atoms with Gasteiger partial charge in [0.15, 0.2) is 0 Å². The van der Waals surface area contributed by atoms with E-state index >= 15 is 0 Å². The van der Waals surface area contributed by atoms with Gasteiger partial charge in [-0.05, 0) is 43.7 Å². The predicted molar refractivity (Wildman–Crippen MR) is 87.5 cm³/mol. The number of aryl methyl sites for hydroxylation is 1. The van der Waals surface area contributed by atoms with Crippen LogP contribution in [0.15, 0.2) is 35.4 Å². The molecule has 0 spiro atoms. The minimum absolute atomic E-state index is 0.0996. The molecule has 1 aromatic heterocycles. The fraction of sp³-hybridized carbons (Fsp3) is 0.471. The Balaban J connectivity index is 3.42. The number of nitrogens with one attached hydrogen (secondary N) is 1. The van der Waals surface area contributed by atoms with Crippen LogP contribution in [0.3, 0.4) is 0 Å². The summed E-state index contributed by atoms with van der Waals surface area (Å²) in [5.74, 6) is -0.0996. The van der Waals surface area contributed by atoms with Gasteiger partial charge in [-0.1, -0.05) is 13.0 Å². The topological polar surface area (TPSA) is 29.3 Å². The Morgan fingerprint density at radius 3 is 2.67 bits per heavy atom. The Morgan fingerprint density at radius 1 is 1.43 bits per heavy atom. The largest absolute Gasteiger partial charge is 0.394 e. The van der Waals surface area contributed by atoms with E-state index in [0.717, 1.165) is 28.7 Å². The van der Waals surface area contributed by atoms with Crippen molar-refractivity contribution in [3.05, 3.63) is 47.0 Å². The van der Waals surface area contributed by atoms with Crippen LogP contribution in [0.2, 0.25) is 0 Å². The molecular formula is C17H26FN3. The van der Waals surface area contributed by atoms with Gasteiger partial charge in [0, 0.05) is 38.8 Å². The van der Waals surface area contributed by atoms with Crippen molar-refractivity contribution in [3.8, 4) is 0 Å². The molecule has 0 saturated carbocycles. The monoisotopic (exact) mass is 291 g/mol. The van der Waals surface area contributed by atoms with Crippen LogP contribution in [0, 0.1) is 0 Å². The third-order valence-electron chi connectivity index (χ3n) is 3.34. The van der Waals surface area contributed by atoms with Crippen molar-refractivity contribution in [2.24, 2.45) is 4.99 Å². The molecule has 0 bridgehead atoms. The zero-order valence-electron chi connectivity index (χ0n) is 13.7. The molecule has 116 valence electrons. The molecule has 1 aromatic rings. The third kappa shape index (κ3) is 4.59. The van der Waals surface area contributed by atoms with Crippen LogP contribution < -0.4 is 10.8 Å². The predicted octanol–water partition coefficient (Wildman–Crippen LogP) is 3.42. The maximum Gasteiger partial charge on any atom is 0.130 e. The van der Waals surface area contributed by atoms with Gasteiger partial charge in [0.05, 0.1) is 0 Å². The van der Waals surface area contributed by atoms with Gasteiger partial charge in [0.2, 0.25) is 0 Å². The number of halogens is 1. The minimum Gasteiger partial charge on any atom is -0.394 e.